The van der Waals surface area contributed by atoms with Gasteiger partial charge in [0.05, 0.1) is 18.3 Å². The van der Waals surface area contributed by atoms with E-state index < -0.39 is 24.3 Å². The summed E-state index contributed by atoms with van der Waals surface area (Å²) in [6, 6.07) is 6.98. The SMILES string of the molecule is O=C(O)CCCC=CC[C@@H]1[C@@H](CC[C@@H](O)COc2cccc(Cl)c2)[C@H](O)C[C@@H]1O. The van der Waals surface area contributed by atoms with E-state index in [1.165, 1.54) is 0 Å². The van der Waals surface area contributed by atoms with Crippen LogP contribution in [0.1, 0.15) is 44.9 Å². The Morgan fingerprint density at radius 3 is 2.72 bits per heavy atom. The maximum atomic E-state index is 10.5. The van der Waals surface area contributed by atoms with Crippen LogP contribution >= 0.6 is 11.6 Å². The van der Waals surface area contributed by atoms with E-state index >= 15 is 0 Å². The number of hydrogen-bond acceptors (Lipinski definition) is 5. The molecule has 4 N–H and O–H groups in total. The molecule has 0 aliphatic heterocycles. The summed E-state index contributed by atoms with van der Waals surface area (Å²) in [6.07, 6.45) is 5.51. The van der Waals surface area contributed by atoms with Crippen LogP contribution in [0.3, 0.4) is 0 Å². The number of rotatable bonds is 12. The molecule has 1 aliphatic carbocycles. The number of benzene rings is 1. The molecule has 1 aromatic carbocycles. The molecule has 0 heterocycles. The van der Waals surface area contributed by atoms with Crippen LogP contribution in [0, 0.1) is 11.8 Å². The zero-order valence-corrected chi connectivity index (χ0v) is 17.2. The number of halogens is 1. The van der Waals surface area contributed by atoms with Crippen molar-refractivity contribution in [3.05, 3.63) is 41.4 Å². The molecule has 29 heavy (non-hydrogen) atoms. The molecule has 0 saturated heterocycles. The van der Waals surface area contributed by atoms with Crippen molar-refractivity contribution in [2.45, 2.75) is 63.3 Å². The Morgan fingerprint density at radius 2 is 2.00 bits per heavy atom. The lowest BCUT2D eigenvalue weighted by atomic mass is 9.86. The molecule has 0 bridgehead atoms. The van der Waals surface area contributed by atoms with Gasteiger partial charge in [0.15, 0.2) is 0 Å². The third-order valence-corrected chi connectivity index (χ3v) is 5.66. The fourth-order valence-electron chi connectivity index (χ4n) is 3.87. The molecule has 1 saturated carbocycles. The third-order valence-electron chi connectivity index (χ3n) is 5.43. The van der Waals surface area contributed by atoms with E-state index in [-0.39, 0.29) is 24.9 Å². The van der Waals surface area contributed by atoms with Crippen LogP contribution in [-0.4, -0.2) is 51.3 Å². The summed E-state index contributed by atoms with van der Waals surface area (Å²) >= 11 is 5.91. The van der Waals surface area contributed by atoms with Gasteiger partial charge < -0.3 is 25.2 Å². The molecule has 0 unspecified atom stereocenters. The maximum absolute atomic E-state index is 10.5. The zero-order chi connectivity index (χ0) is 21.2. The van der Waals surface area contributed by atoms with Crippen molar-refractivity contribution in [3.8, 4) is 5.75 Å². The molecule has 7 heteroatoms. The van der Waals surface area contributed by atoms with E-state index in [0.29, 0.717) is 49.3 Å². The van der Waals surface area contributed by atoms with Crippen LogP contribution in [0.5, 0.6) is 5.75 Å². The normalized spacial score (nSPS) is 25.4. The molecular formula is C22H31ClO6. The van der Waals surface area contributed by atoms with Gasteiger partial charge in [-0.25, -0.2) is 0 Å². The third kappa shape index (κ3) is 8.34. The molecule has 6 nitrogen and oxygen atoms in total. The van der Waals surface area contributed by atoms with E-state index in [2.05, 4.69) is 0 Å². The smallest absolute Gasteiger partial charge is 0.303 e. The predicted molar refractivity (Wildman–Crippen MR) is 111 cm³/mol. The van der Waals surface area contributed by atoms with Gasteiger partial charge in [-0.15, -0.1) is 0 Å². The Balaban J connectivity index is 1.75. The van der Waals surface area contributed by atoms with E-state index in [4.69, 9.17) is 21.4 Å². The van der Waals surface area contributed by atoms with Crippen molar-refractivity contribution in [2.75, 3.05) is 6.61 Å². The van der Waals surface area contributed by atoms with Crippen molar-refractivity contribution in [3.63, 3.8) is 0 Å². The van der Waals surface area contributed by atoms with E-state index in [0.717, 1.165) is 0 Å². The summed E-state index contributed by atoms with van der Waals surface area (Å²) in [7, 11) is 0. The number of aliphatic hydroxyl groups excluding tert-OH is 3. The molecule has 0 spiro atoms. The number of unbranched alkanes of at least 4 members (excludes halogenated alkanes) is 1. The minimum absolute atomic E-state index is 0.0678. The van der Waals surface area contributed by atoms with Crippen molar-refractivity contribution >= 4 is 17.6 Å². The molecule has 1 aromatic rings. The van der Waals surface area contributed by atoms with Crippen molar-refractivity contribution in [1.82, 2.24) is 0 Å². The van der Waals surface area contributed by atoms with Gasteiger partial charge in [0.2, 0.25) is 0 Å². The maximum Gasteiger partial charge on any atom is 0.303 e. The lowest BCUT2D eigenvalue weighted by Crippen LogP contribution is -2.25. The molecular weight excluding hydrogens is 396 g/mol. The number of ether oxygens (including phenoxy) is 1. The van der Waals surface area contributed by atoms with Gasteiger partial charge in [-0.1, -0.05) is 29.8 Å². The number of aliphatic carboxylic acids is 1. The number of carboxylic acid groups (broad SMARTS) is 1. The van der Waals surface area contributed by atoms with Gasteiger partial charge in [0, 0.05) is 11.4 Å². The van der Waals surface area contributed by atoms with Crippen LogP contribution in [0.2, 0.25) is 5.02 Å². The highest BCUT2D eigenvalue weighted by atomic mass is 35.5. The topological polar surface area (TPSA) is 107 Å². The summed E-state index contributed by atoms with van der Waals surface area (Å²) in [5, 5.41) is 40.0. The minimum Gasteiger partial charge on any atom is -0.491 e. The van der Waals surface area contributed by atoms with E-state index in [1.807, 2.05) is 12.2 Å². The molecule has 0 amide bonds. The van der Waals surface area contributed by atoms with Gasteiger partial charge >= 0.3 is 5.97 Å². The molecule has 0 radical (unpaired) electrons. The van der Waals surface area contributed by atoms with Crippen LogP contribution < -0.4 is 4.74 Å². The fraction of sp³-hybridized carbons (Fsp3) is 0.591. The number of hydrogen-bond donors (Lipinski definition) is 4. The van der Waals surface area contributed by atoms with Crippen molar-refractivity contribution < 1.29 is 30.0 Å². The molecule has 1 fully saturated rings. The monoisotopic (exact) mass is 426 g/mol. The number of allylic oxidation sites excluding steroid dienone is 2. The van der Waals surface area contributed by atoms with Crippen LogP contribution in [0.25, 0.3) is 0 Å². The van der Waals surface area contributed by atoms with Gasteiger partial charge in [0.25, 0.3) is 0 Å². The summed E-state index contributed by atoms with van der Waals surface area (Å²) in [5.74, 6) is -0.360. The highest BCUT2D eigenvalue weighted by Gasteiger charge is 2.40. The van der Waals surface area contributed by atoms with E-state index in [1.54, 1.807) is 24.3 Å². The molecule has 0 aromatic heterocycles. The Kier molecular flexibility index (Phi) is 9.94. The summed E-state index contributed by atoms with van der Waals surface area (Å²) in [4.78, 5) is 10.5. The molecule has 2 rings (SSSR count). The van der Waals surface area contributed by atoms with Crippen LogP contribution in [-0.2, 0) is 4.79 Å². The summed E-state index contributed by atoms with van der Waals surface area (Å²) in [6.45, 7) is 0.139. The molecule has 162 valence electrons. The number of carbonyl (C=O) groups is 1. The lowest BCUT2D eigenvalue weighted by Gasteiger charge is -2.23. The fourth-order valence-corrected chi connectivity index (χ4v) is 4.05. The van der Waals surface area contributed by atoms with Crippen molar-refractivity contribution in [1.29, 1.82) is 0 Å². The first kappa shape index (κ1) is 23.7. The number of aliphatic hydroxyl groups is 3. The Morgan fingerprint density at radius 1 is 1.24 bits per heavy atom. The predicted octanol–water partition coefficient (Wildman–Crippen LogP) is 3.42. The van der Waals surface area contributed by atoms with Gasteiger partial charge in [-0.3, -0.25) is 4.79 Å². The first-order valence-corrected chi connectivity index (χ1v) is 10.5. The summed E-state index contributed by atoms with van der Waals surface area (Å²) in [5.41, 5.74) is 0. The Hall–Kier alpha value is -1.60. The highest BCUT2D eigenvalue weighted by Crippen LogP contribution is 2.38. The first-order chi connectivity index (χ1) is 13.9. The highest BCUT2D eigenvalue weighted by molar-refractivity contribution is 6.30. The minimum atomic E-state index is -0.800. The lowest BCUT2D eigenvalue weighted by molar-refractivity contribution is -0.137. The Bertz CT molecular complexity index is 664. The average molecular weight is 427 g/mol. The van der Waals surface area contributed by atoms with E-state index in [9.17, 15) is 20.1 Å². The number of carboxylic acids is 1. The second-order valence-electron chi connectivity index (χ2n) is 7.69. The first-order valence-electron chi connectivity index (χ1n) is 10.2. The van der Waals surface area contributed by atoms with Gasteiger partial charge in [-0.2, -0.15) is 0 Å². The molecule has 1 aliphatic rings. The second-order valence-corrected chi connectivity index (χ2v) is 8.13. The standard InChI is InChI=1S/C22H31ClO6/c23-15-6-5-7-17(12-15)29-14-16(24)10-11-19-18(20(25)13-21(19)26)8-3-1-2-4-9-22(27)28/h1,3,5-7,12,16,18-21,24-26H,2,4,8-11,13-14H2,(H,27,28)/t16-,18-,19-,20+,21-/m1/s1. The van der Waals surface area contributed by atoms with Gasteiger partial charge in [-0.05, 0) is 68.6 Å². The van der Waals surface area contributed by atoms with Gasteiger partial charge in [0.1, 0.15) is 12.4 Å². The van der Waals surface area contributed by atoms with Crippen LogP contribution in [0.4, 0.5) is 0 Å². The quantitative estimate of drug-likeness (QED) is 0.301. The molecule has 5 atom stereocenters. The summed E-state index contributed by atoms with van der Waals surface area (Å²) < 4.78 is 5.56. The Labute approximate surface area is 176 Å². The largest absolute Gasteiger partial charge is 0.491 e. The second kappa shape index (κ2) is 12.2. The average Bonchev–Trinajstić information content (AvgIpc) is 2.93. The van der Waals surface area contributed by atoms with Crippen molar-refractivity contribution in [2.24, 2.45) is 11.8 Å². The van der Waals surface area contributed by atoms with Crippen LogP contribution in [0.15, 0.2) is 36.4 Å². The zero-order valence-electron chi connectivity index (χ0n) is 16.5.